The van der Waals surface area contributed by atoms with Crippen molar-refractivity contribution in [3.8, 4) is 0 Å². The second-order valence-electron chi connectivity index (χ2n) is 8.25. The van der Waals surface area contributed by atoms with Gasteiger partial charge in [-0.25, -0.2) is 4.79 Å². The van der Waals surface area contributed by atoms with E-state index in [2.05, 4.69) is 10.3 Å². The maximum absolute atomic E-state index is 13.3. The number of rotatable bonds is 9. The van der Waals surface area contributed by atoms with Crippen molar-refractivity contribution in [3.05, 3.63) is 44.5 Å². The summed E-state index contributed by atoms with van der Waals surface area (Å²) in [5.41, 5.74) is 5.21. The number of hydrogen-bond donors (Lipinski definition) is 3. The van der Waals surface area contributed by atoms with Gasteiger partial charge >= 0.3 is 5.69 Å². The molecule has 9 heteroatoms. The Morgan fingerprint density at radius 2 is 2.06 bits per heavy atom. The van der Waals surface area contributed by atoms with E-state index in [4.69, 9.17) is 10.2 Å². The summed E-state index contributed by atoms with van der Waals surface area (Å²) >= 11 is 0. The number of amides is 1. The van der Waals surface area contributed by atoms with Gasteiger partial charge in [0.1, 0.15) is 17.3 Å². The summed E-state index contributed by atoms with van der Waals surface area (Å²) in [6, 6.07) is 3.46. The lowest BCUT2D eigenvalue weighted by molar-refractivity contribution is -0.118. The molecule has 2 aromatic heterocycles. The summed E-state index contributed by atoms with van der Waals surface area (Å²) in [6.45, 7) is 6.20. The SMILES string of the molecule is CCCCn1c(N)c(N(C(=O)CNC(C)c2ccc(C)o2)C2CCCC2)c(=O)[nH]c1=O. The van der Waals surface area contributed by atoms with Crippen LogP contribution < -0.4 is 27.2 Å². The van der Waals surface area contributed by atoms with E-state index in [-0.39, 0.29) is 36.0 Å². The minimum atomic E-state index is -0.620. The van der Waals surface area contributed by atoms with Crippen LogP contribution in [0.2, 0.25) is 0 Å². The average molecular weight is 432 g/mol. The van der Waals surface area contributed by atoms with E-state index in [1.165, 1.54) is 9.47 Å². The molecule has 0 radical (unpaired) electrons. The van der Waals surface area contributed by atoms with Gasteiger partial charge in [-0.15, -0.1) is 0 Å². The van der Waals surface area contributed by atoms with Crippen molar-refractivity contribution in [1.82, 2.24) is 14.9 Å². The molecule has 1 aliphatic rings. The Labute approximate surface area is 181 Å². The van der Waals surface area contributed by atoms with Crippen LogP contribution in [0.25, 0.3) is 0 Å². The number of nitrogen functional groups attached to an aromatic ring is 1. The van der Waals surface area contributed by atoms with Crippen LogP contribution in [0.15, 0.2) is 26.1 Å². The molecule has 3 rings (SSSR count). The minimum absolute atomic E-state index is 0.0182. The van der Waals surface area contributed by atoms with Gasteiger partial charge in [-0.05, 0) is 45.2 Å². The molecular weight excluding hydrogens is 398 g/mol. The topological polar surface area (TPSA) is 126 Å². The van der Waals surface area contributed by atoms with Gasteiger partial charge in [0.05, 0.1) is 12.6 Å². The number of H-pyrrole nitrogens is 1. The van der Waals surface area contributed by atoms with Crippen LogP contribution in [0, 0.1) is 6.92 Å². The molecule has 31 heavy (non-hydrogen) atoms. The van der Waals surface area contributed by atoms with Crippen LogP contribution in [0.5, 0.6) is 0 Å². The van der Waals surface area contributed by atoms with Crippen LogP contribution in [0.1, 0.15) is 69.9 Å². The molecule has 4 N–H and O–H groups in total. The number of unbranched alkanes of at least 4 members (excludes halogenated alkanes) is 1. The first-order chi connectivity index (χ1) is 14.8. The maximum atomic E-state index is 13.3. The molecule has 1 aliphatic carbocycles. The molecule has 1 amide bonds. The van der Waals surface area contributed by atoms with Gasteiger partial charge < -0.3 is 15.1 Å². The number of nitrogens with zero attached hydrogens (tertiary/aromatic N) is 2. The lowest BCUT2D eigenvalue weighted by Gasteiger charge is -2.30. The molecule has 170 valence electrons. The van der Waals surface area contributed by atoms with Crippen LogP contribution in [-0.2, 0) is 11.3 Å². The number of furan rings is 1. The number of aromatic amines is 1. The lowest BCUT2D eigenvalue weighted by atomic mass is 10.1. The zero-order valence-electron chi connectivity index (χ0n) is 18.6. The highest BCUT2D eigenvalue weighted by atomic mass is 16.3. The Hall–Kier alpha value is -2.81. The number of nitrogens with one attached hydrogen (secondary N) is 2. The number of aromatic nitrogens is 2. The molecule has 2 aromatic rings. The van der Waals surface area contributed by atoms with Crippen molar-refractivity contribution >= 4 is 17.4 Å². The quantitative estimate of drug-likeness (QED) is 0.560. The van der Waals surface area contributed by atoms with Crippen molar-refractivity contribution in [2.75, 3.05) is 17.2 Å². The molecule has 0 spiro atoms. The predicted molar refractivity (Wildman–Crippen MR) is 120 cm³/mol. The summed E-state index contributed by atoms with van der Waals surface area (Å²) < 4.78 is 6.98. The number of aryl methyl sites for hydroxylation is 1. The smallest absolute Gasteiger partial charge is 0.330 e. The monoisotopic (exact) mass is 431 g/mol. The number of nitrogens with two attached hydrogens (primary N) is 1. The zero-order valence-corrected chi connectivity index (χ0v) is 18.6. The molecule has 0 saturated heterocycles. The highest BCUT2D eigenvalue weighted by Crippen LogP contribution is 2.29. The fraction of sp³-hybridized carbons (Fsp3) is 0.591. The first kappa shape index (κ1) is 22.9. The number of carbonyl (C=O) groups excluding carboxylic acids is 1. The zero-order chi connectivity index (χ0) is 22.5. The van der Waals surface area contributed by atoms with Gasteiger partial charge in [-0.3, -0.25) is 24.5 Å². The number of anilines is 2. The molecule has 1 unspecified atom stereocenters. The Balaban J connectivity index is 1.90. The third-order valence-electron chi connectivity index (χ3n) is 5.90. The van der Waals surface area contributed by atoms with Crippen LogP contribution in [0.3, 0.4) is 0 Å². The molecular formula is C22H33N5O4. The standard InChI is InChI=1S/C22H33N5O4/c1-4-5-12-26-20(23)19(21(29)25-22(26)30)27(16-8-6-7-9-16)18(28)13-24-15(3)17-11-10-14(2)31-17/h10-11,15-16,24H,4-9,12-13,23H2,1-3H3,(H,25,29,30). The average Bonchev–Trinajstić information content (AvgIpc) is 3.40. The Morgan fingerprint density at radius 1 is 1.35 bits per heavy atom. The third-order valence-corrected chi connectivity index (χ3v) is 5.90. The summed E-state index contributed by atoms with van der Waals surface area (Å²) in [5.74, 6) is 1.34. The summed E-state index contributed by atoms with van der Waals surface area (Å²) in [6.07, 6.45) is 5.18. The van der Waals surface area contributed by atoms with Gasteiger partial charge in [0.2, 0.25) is 5.91 Å². The summed E-state index contributed by atoms with van der Waals surface area (Å²) in [7, 11) is 0. The minimum Gasteiger partial charge on any atom is -0.465 e. The van der Waals surface area contributed by atoms with E-state index < -0.39 is 11.2 Å². The molecule has 9 nitrogen and oxygen atoms in total. The van der Waals surface area contributed by atoms with E-state index in [0.717, 1.165) is 50.0 Å². The van der Waals surface area contributed by atoms with E-state index in [1.807, 2.05) is 32.9 Å². The summed E-state index contributed by atoms with van der Waals surface area (Å²) in [5, 5.41) is 3.18. The molecule has 1 atom stereocenters. The van der Waals surface area contributed by atoms with E-state index >= 15 is 0 Å². The van der Waals surface area contributed by atoms with E-state index in [1.54, 1.807) is 0 Å². The highest BCUT2D eigenvalue weighted by molar-refractivity contribution is 5.97. The van der Waals surface area contributed by atoms with Gasteiger partial charge in [0.25, 0.3) is 5.56 Å². The van der Waals surface area contributed by atoms with E-state index in [0.29, 0.717) is 6.54 Å². The van der Waals surface area contributed by atoms with Crippen molar-refractivity contribution in [2.24, 2.45) is 0 Å². The fourth-order valence-corrected chi connectivity index (χ4v) is 4.13. The van der Waals surface area contributed by atoms with Gasteiger partial charge in [-0.2, -0.15) is 0 Å². The Morgan fingerprint density at radius 3 is 2.68 bits per heavy atom. The van der Waals surface area contributed by atoms with Gasteiger partial charge in [-0.1, -0.05) is 26.2 Å². The third kappa shape index (κ3) is 5.10. The lowest BCUT2D eigenvalue weighted by Crippen LogP contribution is -2.48. The van der Waals surface area contributed by atoms with Crippen molar-refractivity contribution in [2.45, 2.75) is 77.9 Å². The van der Waals surface area contributed by atoms with E-state index in [9.17, 15) is 14.4 Å². The fourth-order valence-electron chi connectivity index (χ4n) is 4.13. The van der Waals surface area contributed by atoms with Crippen LogP contribution >= 0.6 is 0 Å². The molecule has 2 heterocycles. The number of carbonyl (C=O) groups is 1. The second-order valence-corrected chi connectivity index (χ2v) is 8.25. The predicted octanol–water partition coefficient (Wildman–Crippen LogP) is 2.45. The first-order valence-electron chi connectivity index (χ1n) is 11.1. The molecule has 1 fully saturated rings. The number of hydrogen-bond acceptors (Lipinski definition) is 6. The molecule has 0 aliphatic heterocycles. The first-order valence-corrected chi connectivity index (χ1v) is 11.1. The Kier molecular flexibility index (Phi) is 7.37. The molecule has 1 saturated carbocycles. The molecule has 0 aromatic carbocycles. The van der Waals surface area contributed by atoms with Crippen molar-refractivity contribution in [1.29, 1.82) is 0 Å². The largest absolute Gasteiger partial charge is 0.465 e. The summed E-state index contributed by atoms with van der Waals surface area (Å²) in [4.78, 5) is 42.3. The molecule has 0 bridgehead atoms. The van der Waals surface area contributed by atoms with Crippen LogP contribution in [-0.4, -0.2) is 28.0 Å². The highest BCUT2D eigenvalue weighted by Gasteiger charge is 2.32. The normalized spacial score (nSPS) is 15.3. The van der Waals surface area contributed by atoms with Crippen molar-refractivity contribution in [3.63, 3.8) is 0 Å². The van der Waals surface area contributed by atoms with Gasteiger partial charge in [0.15, 0.2) is 5.69 Å². The Bertz CT molecular complexity index is 1020. The second kappa shape index (κ2) is 10.00. The van der Waals surface area contributed by atoms with Crippen LogP contribution in [0.4, 0.5) is 11.5 Å². The van der Waals surface area contributed by atoms with Crippen molar-refractivity contribution < 1.29 is 9.21 Å². The van der Waals surface area contributed by atoms with Gasteiger partial charge in [0, 0.05) is 12.6 Å². The maximum Gasteiger partial charge on any atom is 0.330 e.